The second-order valence-corrected chi connectivity index (χ2v) is 7.87. The summed E-state index contributed by atoms with van der Waals surface area (Å²) in [6, 6.07) is 4.15. The van der Waals surface area contributed by atoms with Crippen LogP contribution in [-0.2, 0) is 11.2 Å². The lowest BCUT2D eigenvalue weighted by atomic mass is 9.98. The molecular formula is C16H20N2OS2. The predicted molar refractivity (Wildman–Crippen MR) is 88.0 cm³/mol. The van der Waals surface area contributed by atoms with Crippen LogP contribution in [0.1, 0.15) is 39.9 Å². The Morgan fingerprint density at radius 3 is 3.14 bits per heavy atom. The van der Waals surface area contributed by atoms with E-state index >= 15 is 0 Å². The largest absolute Gasteiger partial charge is 0.342 e. The molecule has 1 saturated heterocycles. The van der Waals surface area contributed by atoms with Gasteiger partial charge in [0.2, 0.25) is 5.91 Å². The van der Waals surface area contributed by atoms with Crippen molar-refractivity contribution in [2.75, 3.05) is 13.1 Å². The van der Waals surface area contributed by atoms with Crippen molar-refractivity contribution in [3.8, 4) is 0 Å². The van der Waals surface area contributed by atoms with Crippen LogP contribution in [-0.4, -0.2) is 28.9 Å². The third-order valence-electron chi connectivity index (χ3n) is 3.93. The van der Waals surface area contributed by atoms with Crippen molar-refractivity contribution in [3.05, 3.63) is 38.5 Å². The summed E-state index contributed by atoms with van der Waals surface area (Å²) in [4.78, 5) is 21.5. The lowest BCUT2D eigenvalue weighted by molar-refractivity contribution is -0.132. The van der Waals surface area contributed by atoms with Crippen molar-refractivity contribution in [1.29, 1.82) is 0 Å². The van der Waals surface area contributed by atoms with E-state index in [0.29, 0.717) is 18.2 Å². The summed E-state index contributed by atoms with van der Waals surface area (Å²) in [6.07, 6.45) is 5.69. The minimum Gasteiger partial charge on any atom is -0.342 e. The number of hydrogen-bond donors (Lipinski definition) is 0. The van der Waals surface area contributed by atoms with Crippen molar-refractivity contribution < 1.29 is 4.79 Å². The molecule has 0 aliphatic carbocycles. The zero-order valence-electron chi connectivity index (χ0n) is 12.2. The van der Waals surface area contributed by atoms with Crippen LogP contribution >= 0.6 is 22.7 Å². The monoisotopic (exact) mass is 320 g/mol. The van der Waals surface area contributed by atoms with E-state index in [2.05, 4.69) is 23.4 Å². The van der Waals surface area contributed by atoms with Crippen molar-refractivity contribution in [2.45, 2.75) is 38.5 Å². The summed E-state index contributed by atoms with van der Waals surface area (Å²) in [5.41, 5.74) is 0. The van der Waals surface area contributed by atoms with E-state index in [9.17, 15) is 4.79 Å². The number of likely N-dealkylation sites (tertiary alicyclic amines) is 1. The van der Waals surface area contributed by atoms with Gasteiger partial charge in [0, 0.05) is 41.4 Å². The Labute approximate surface area is 133 Å². The van der Waals surface area contributed by atoms with E-state index in [4.69, 9.17) is 0 Å². The highest BCUT2D eigenvalue weighted by atomic mass is 32.1. The smallest absolute Gasteiger partial charge is 0.222 e. The van der Waals surface area contributed by atoms with Crippen LogP contribution in [0.3, 0.4) is 0 Å². The van der Waals surface area contributed by atoms with Crippen LogP contribution < -0.4 is 0 Å². The van der Waals surface area contributed by atoms with E-state index in [-0.39, 0.29) is 0 Å². The topological polar surface area (TPSA) is 33.2 Å². The molecule has 1 aliphatic rings. The Hall–Kier alpha value is -1.20. The minimum absolute atomic E-state index is 0.293. The van der Waals surface area contributed by atoms with Gasteiger partial charge in [-0.05, 0) is 37.6 Å². The van der Waals surface area contributed by atoms with Gasteiger partial charge in [-0.15, -0.1) is 22.7 Å². The molecule has 0 bridgehead atoms. The highest BCUT2D eigenvalue weighted by Gasteiger charge is 2.26. The standard InChI is InChI=1S/C16H20N2OS2/c1-12-10-17-16(21-12)13-4-2-8-18(11-13)15(19)7-6-14-5-3-9-20-14/h3,5,9-10,13H,2,4,6-8,11H2,1H3/t13-/m1/s1. The molecule has 0 saturated carbocycles. The SMILES string of the molecule is Cc1cnc([C@@H]2CCCN(C(=O)CCc3cccs3)C2)s1. The third kappa shape index (κ3) is 3.71. The summed E-state index contributed by atoms with van der Waals surface area (Å²) in [5, 5.41) is 3.27. The maximum Gasteiger partial charge on any atom is 0.222 e. The molecule has 3 rings (SSSR count). The van der Waals surface area contributed by atoms with Crippen LogP contribution in [0.4, 0.5) is 0 Å². The Bertz CT molecular complexity index is 591. The number of nitrogens with zero attached hydrogens (tertiary/aromatic N) is 2. The van der Waals surface area contributed by atoms with Crippen LogP contribution in [0.2, 0.25) is 0 Å². The number of carbonyl (C=O) groups excluding carboxylic acids is 1. The van der Waals surface area contributed by atoms with Gasteiger partial charge < -0.3 is 4.90 Å². The minimum atomic E-state index is 0.293. The van der Waals surface area contributed by atoms with Crippen LogP contribution in [0.5, 0.6) is 0 Å². The molecule has 2 aromatic heterocycles. The van der Waals surface area contributed by atoms with Crippen molar-refractivity contribution in [3.63, 3.8) is 0 Å². The molecule has 0 spiro atoms. The van der Waals surface area contributed by atoms with Crippen LogP contribution in [0.25, 0.3) is 0 Å². The Balaban J connectivity index is 1.56. The van der Waals surface area contributed by atoms with Gasteiger partial charge in [-0.3, -0.25) is 4.79 Å². The van der Waals surface area contributed by atoms with E-state index in [0.717, 1.165) is 32.4 Å². The van der Waals surface area contributed by atoms with Crippen molar-refractivity contribution >= 4 is 28.6 Å². The van der Waals surface area contributed by atoms with Gasteiger partial charge in [0.05, 0.1) is 5.01 Å². The van der Waals surface area contributed by atoms with Gasteiger partial charge in [-0.2, -0.15) is 0 Å². The number of piperidine rings is 1. The zero-order valence-corrected chi connectivity index (χ0v) is 13.9. The number of rotatable bonds is 4. The molecule has 3 heterocycles. The summed E-state index contributed by atoms with van der Waals surface area (Å²) >= 11 is 3.50. The predicted octanol–water partition coefficient (Wildman–Crippen LogP) is 3.85. The van der Waals surface area contributed by atoms with Gasteiger partial charge in [0.25, 0.3) is 0 Å². The van der Waals surface area contributed by atoms with Gasteiger partial charge >= 0.3 is 0 Å². The molecule has 0 radical (unpaired) electrons. The molecule has 0 N–H and O–H groups in total. The Morgan fingerprint density at radius 1 is 1.52 bits per heavy atom. The molecule has 5 heteroatoms. The van der Waals surface area contributed by atoms with Gasteiger partial charge in [0.15, 0.2) is 0 Å². The average Bonchev–Trinajstić information content (AvgIpc) is 3.16. The van der Waals surface area contributed by atoms with Crippen LogP contribution in [0, 0.1) is 6.92 Å². The molecule has 3 nitrogen and oxygen atoms in total. The number of aryl methyl sites for hydroxylation is 2. The van der Waals surface area contributed by atoms with E-state index < -0.39 is 0 Å². The molecular weight excluding hydrogens is 300 g/mol. The molecule has 1 amide bonds. The molecule has 1 aliphatic heterocycles. The molecule has 0 unspecified atom stereocenters. The number of thiazole rings is 1. The fraction of sp³-hybridized carbons (Fsp3) is 0.500. The maximum atomic E-state index is 12.4. The number of carbonyl (C=O) groups is 1. The van der Waals surface area contributed by atoms with E-state index in [1.54, 1.807) is 22.7 Å². The number of amides is 1. The third-order valence-corrected chi connectivity index (χ3v) is 5.94. The molecule has 21 heavy (non-hydrogen) atoms. The molecule has 112 valence electrons. The fourth-order valence-corrected chi connectivity index (χ4v) is 4.42. The Kier molecular flexibility index (Phi) is 4.70. The first kappa shape index (κ1) is 14.7. The lowest BCUT2D eigenvalue weighted by Crippen LogP contribution is -2.39. The van der Waals surface area contributed by atoms with Gasteiger partial charge in [-0.1, -0.05) is 6.07 Å². The van der Waals surface area contributed by atoms with Crippen LogP contribution in [0.15, 0.2) is 23.7 Å². The lowest BCUT2D eigenvalue weighted by Gasteiger charge is -2.32. The second kappa shape index (κ2) is 6.71. The number of hydrogen-bond acceptors (Lipinski definition) is 4. The quantitative estimate of drug-likeness (QED) is 0.857. The molecule has 2 aromatic rings. The number of thiophene rings is 1. The van der Waals surface area contributed by atoms with Gasteiger partial charge in [-0.25, -0.2) is 4.98 Å². The van der Waals surface area contributed by atoms with E-state index in [1.807, 2.05) is 17.2 Å². The molecule has 1 atom stereocenters. The first-order valence-electron chi connectivity index (χ1n) is 7.45. The first-order valence-corrected chi connectivity index (χ1v) is 9.14. The van der Waals surface area contributed by atoms with Gasteiger partial charge in [0.1, 0.15) is 0 Å². The highest BCUT2D eigenvalue weighted by molar-refractivity contribution is 7.11. The van der Waals surface area contributed by atoms with Crippen molar-refractivity contribution in [2.24, 2.45) is 0 Å². The molecule has 1 fully saturated rings. The van der Waals surface area contributed by atoms with Crippen molar-refractivity contribution in [1.82, 2.24) is 9.88 Å². The average molecular weight is 320 g/mol. The molecule has 0 aromatic carbocycles. The summed E-state index contributed by atoms with van der Waals surface area (Å²) in [6.45, 7) is 3.84. The maximum absolute atomic E-state index is 12.4. The fourth-order valence-electron chi connectivity index (χ4n) is 2.81. The summed E-state index contributed by atoms with van der Waals surface area (Å²) < 4.78 is 0. The van der Waals surface area contributed by atoms with E-state index in [1.165, 1.54) is 14.8 Å². The summed E-state index contributed by atoms with van der Waals surface area (Å²) in [5.74, 6) is 0.726. The number of aromatic nitrogens is 1. The first-order chi connectivity index (χ1) is 10.2. The second-order valence-electron chi connectivity index (χ2n) is 5.57. The zero-order chi connectivity index (χ0) is 14.7. The highest BCUT2D eigenvalue weighted by Crippen LogP contribution is 2.30. The summed E-state index contributed by atoms with van der Waals surface area (Å²) in [7, 11) is 0. The normalized spacial score (nSPS) is 18.9. The Morgan fingerprint density at radius 2 is 2.43 bits per heavy atom.